The van der Waals surface area contributed by atoms with E-state index in [9.17, 15) is 0 Å². The molecule has 0 saturated heterocycles. The van der Waals surface area contributed by atoms with Gasteiger partial charge in [0.2, 0.25) is 0 Å². The van der Waals surface area contributed by atoms with Gasteiger partial charge in [0, 0.05) is 19.0 Å². The number of hydrogen-bond acceptors (Lipinski definition) is 4. The van der Waals surface area contributed by atoms with E-state index in [1.165, 1.54) is 17.7 Å². The third-order valence-corrected chi connectivity index (χ3v) is 3.61. The smallest absolute Gasteiger partial charge is 0.134 e. The minimum absolute atomic E-state index is 0.590. The van der Waals surface area contributed by atoms with E-state index in [4.69, 9.17) is 0 Å². The van der Waals surface area contributed by atoms with Gasteiger partial charge in [-0.3, -0.25) is 0 Å². The zero-order valence-electron chi connectivity index (χ0n) is 9.10. The van der Waals surface area contributed by atoms with Crippen LogP contribution in [-0.2, 0) is 0 Å². The molecule has 0 aliphatic heterocycles. The molecule has 1 aliphatic carbocycles. The van der Waals surface area contributed by atoms with Gasteiger partial charge in [-0.05, 0) is 24.3 Å². The van der Waals surface area contributed by atoms with Crippen molar-refractivity contribution >= 4 is 17.2 Å². The molecule has 3 rings (SSSR count). The minimum atomic E-state index is 0.590. The molecule has 0 radical (unpaired) electrons. The van der Waals surface area contributed by atoms with Crippen LogP contribution in [0.2, 0.25) is 0 Å². The Morgan fingerprint density at radius 1 is 1.38 bits per heavy atom. The van der Waals surface area contributed by atoms with Crippen LogP contribution in [0.15, 0.2) is 23.6 Å². The van der Waals surface area contributed by atoms with E-state index >= 15 is 0 Å². The van der Waals surface area contributed by atoms with Crippen LogP contribution in [0, 0.1) is 0 Å². The summed E-state index contributed by atoms with van der Waals surface area (Å²) in [5.41, 5.74) is 1.04. The van der Waals surface area contributed by atoms with Crippen LogP contribution in [0.3, 0.4) is 0 Å². The predicted octanol–water partition coefficient (Wildman–Crippen LogP) is 3.12. The molecule has 0 spiro atoms. The first-order chi connectivity index (χ1) is 7.86. The second kappa shape index (κ2) is 3.87. The summed E-state index contributed by atoms with van der Waals surface area (Å²) < 4.78 is 0. The molecule has 0 aromatic carbocycles. The van der Waals surface area contributed by atoms with E-state index in [1.54, 1.807) is 11.3 Å². The fourth-order valence-electron chi connectivity index (χ4n) is 1.67. The zero-order chi connectivity index (χ0) is 11.0. The van der Waals surface area contributed by atoms with E-state index in [0.29, 0.717) is 5.92 Å². The summed E-state index contributed by atoms with van der Waals surface area (Å²) in [5, 5.41) is 5.18. The summed E-state index contributed by atoms with van der Waals surface area (Å²) in [6.07, 6.45) is 2.47. The lowest BCUT2D eigenvalue weighted by atomic mass is 10.3. The highest BCUT2D eigenvalue weighted by atomic mass is 32.1. The first kappa shape index (κ1) is 9.78. The van der Waals surface area contributed by atoms with E-state index in [1.807, 2.05) is 13.1 Å². The average Bonchev–Trinajstić information content (AvgIpc) is 3.04. The lowest BCUT2D eigenvalue weighted by Crippen LogP contribution is -2.00. The summed E-state index contributed by atoms with van der Waals surface area (Å²) in [6, 6.07) is 6.17. The lowest BCUT2D eigenvalue weighted by molar-refractivity contribution is 0.933. The molecule has 2 aromatic heterocycles. The molecule has 1 N–H and O–H groups in total. The van der Waals surface area contributed by atoms with Crippen molar-refractivity contribution in [2.24, 2.45) is 0 Å². The average molecular weight is 231 g/mol. The molecule has 0 atom stereocenters. The number of aromatic nitrogens is 2. The maximum absolute atomic E-state index is 4.65. The molecule has 16 heavy (non-hydrogen) atoms. The van der Waals surface area contributed by atoms with Gasteiger partial charge in [0.25, 0.3) is 0 Å². The number of nitrogens with one attached hydrogen (secondary N) is 1. The second-order valence-electron chi connectivity index (χ2n) is 4.00. The fraction of sp³-hybridized carbons (Fsp3) is 0.333. The van der Waals surface area contributed by atoms with E-state index in [0.717, 1.165) is 17.3 Å². The molecule has 0 unspecified atom stereocenters. The molecule has 4 heteroatoms. The van der Waals surface area contributed by atoms with Gasteiger partial charge in [-0.2, -0.15) is 0 Å². The van der Waals surface area contributed by atoms with E-state index < -0.39 is 0 Å². The number of nitrogens with zero attached hydrogens (tertiary/aromatic N) is 2. The van der Waals surface area contributed by atoms with Gasteiger partial charge in [0.1, 0.15) is 11.6 Å². The maximum Gasteiger partial charge on any atom is 0.134 e. The van der Waals surface area contributed by atoms with Crippen molar-refractivity contribution in [3.63, 3.8) is 0 Å². The van der Waals surface area contributed by atoms with E-state index in [-0.39, 0.29) is 0 Å². The summed E-state index contributed by atoms with van der Waals surface area (Å²) in [6.45, 7) is 0. The maximum atomic E-state index is 4.65. The molecule has 2 heterocycles. The molecule has 3 nitrogen and oxygen atoms in total. The number of rotatable bonds is 3. The second-order valence-corrected chi connectivity index (χ2v) is 4.95. The van der Waals surface area contributed by atoms with Gasteiger partial charge in [-0.1, -0.05) is 6.07 Å². The van der Waals surface area contributed by atoms with Gasteiger partial charge >= 0.3 is 0 Å². The molecule has 1 saturated carbocycles. The quantitative estimate of drug-likeness (QED) is 0.882. The van der Waals surface area contributed by atoms with Crippen LogP contribution in [0.5, 0.6) is 0 Å². The molecule has 0 amide bonds. The summed E-state index contributed by atoms with van der Waals surface area (Å²) >= 11 is 1.72. The van der Waals surface area contributed by atoms with Gasteiger partial charge < -0.3 is 5.32 Å². The Bertz CT molecular complexity index is 489. The molecule has 1 aliphatic rings. The normalized spacial score (nSPS) is 15.1. The van der Waals surface area contributed by atoms with Crippen molar-refractivity contribution in [1.82, 2.24) is 9.97 Å². The van der Waals surface area contributed by atoms with Crippen molar-refractivity contribution in [3.05, 3.63) is 29.4 Å². The standard InChI is InChI=1S/C12H13N3S/c1-13-11-7-9(10-3-2-6-16-10)14-12(15-11)8-4-5-8/h2-3,6-8H,4-5H2,1H3,(H,13,14,15). The Balaban J connectivity index is 2.06. The Morgan fingerprint density at radius 3 is 2.88 bits per heavy atom. The van der Waals surface area contributed by atoms with Crippen molar-refractivity contribution in [2.75, 3.05) is 12.4 Å². The Morgan fingerprint density at radius 2 is 2.25 bits per heavy atom. The van der Waals surface area contributed by atoms with Crippen LogP contribution in [0.1, 0.15) is 24.6 Å². The molecular formula is C12H13N3S. The predicted molar refractivity (Wildman–Crippen MR) is 66.9 cm³/mol. The van der Waals surface area contributed by atoms with Crippen molar-refractivity contribution < 1.29 is 0 Å². The largest absolute Gasteiger partial charge is 0.373 e. The topological polar surface area (TPSA) is 37.8 Å². The lowest BCUT2D eigenvalue weighted by Gasteiger charge is -2.05. The summed E-state index contributed by atoms with van der Waals surface area (Å²) in [7, 11) is 1.90. The number of thiophene rings is 1. The summed E-state index contributed by atoms with van der Waals surface area (Å²) in [5.74, 6) is 2.50. The Kier molecular flexibility index (Phi) is 2.36. The minimum Gasteiger partial charge on any atom is -0.373 e. The van der Waals surface area contributed by atoms with Crippen LogP contribution < -0.4 is 5.32 Å². The third-order valence-electron chi connectivity index (χ3n) is 2.72. The van der Waals surface area contributed by atoms with Gasteiger partial charge in [-0.25, -0.2) is 9.97 Å². The zero-order valence-corrected chi connectivity index (χ0v) is 9.92. The van der Waals surface area contributed by atoms with Gasteiger partial charge in [-0.15, -0.1) is 11.3 Å². The van der Waals surface area contributed by atoms with Gasteiger partial charge in [0.15, 0.2) is 0 Å². The first-order valence-corrected chi connectivity index (χ1v) is 6.35. The highest BCUT2D eigenvalue weighted by Crippen LogP contribution is 2.39. The molecule has 1 fully saturated rings. The fourth-order valence-corrected chi connectivity index (χ4v) is 2.35. The highest BCUT2D eigenvalue weighted by Gasteiger charge is 2.27. The van der Waals surface area contributed by atoms with Crippen LogP contribution in [-0.4, -0.2) is 17.0 Å². The molecule has 0 bridgehead atoms. The molecule has 2 aromatic rings. The van der Waals surface area contributed by atoms with Crippen molar-refractivity contribution in [2.45, 2.75) is 18.8 Å². The van der Waals surface area contributed by atoms with Crippen molar-refractivity contribution in [3.8, 4) is 10.6 Å². The highest BCUT2D eigenvalue weighted by molar-refractivity contribution is 7.13. The van der Waals surface area contributed by atoms with E-state index in [2.05, 4.69) is 32.8 Å². The van der Waals surface area contributed by atoms with Gasteiger partial charge in [0.05, 0.1) is 10.6 Å². The summed E-state index contributed by atoms with van der Waals surface area (Å²) in [4.78, 5) is 10.4. The van der Waals surface area contributed by atoms with Crippen LogP contribution >= 0.6 is 11.3 Å². The molecule has 82 valence electrons. The number of hydrogen-bond donors (Lipinski definition) is 1. The van der Waals surface area contributed by atoms with Crippen molar-refractivity contribution in [1.29, 1.82) is 0 Å². The third kappa shape index (κ3) is 1.80. The van der Waals surface area contributed by atoms with Crippen LogP contribution in [0.25, 0.3) is 10.6 Å². The Hall–Kier alpha value is -1.42. The van der Waals surface area contributed by atoms with Crippen LogP contribution in [0.4, 0.5) is 5.82 Å². The number of anilines is 1. The SMILES string of the molecule is CNc1cc(-c2cccs2)nc(C2CC2)n1. The Labute approximate surface area is 98.6 Å². The molecular weight excluding hydrogens is 218 g/mol. The first-order valence-electron chi connectivity index (χ1n) is 5.47. The monoisotopic (exact) mass is 231 g/mol.